The van der Waals surface area contributed by atoms with E-state index in [4.69, 9.17) is 10.3 Å². The highest BCUT2D eigenvalue weighted by Gasteiger charge is 2.18. The Labute approximate surface area is 93.4 Å². The van der Waals surface area contributed by atoms with Crippen LogP contribution in [0.2, 0.25) is 0 Å². The van der Waals surface area contributed by atoms with Crippen LogP contribution in [0.3, 0.4) is 0 Å². The largest absolute Gasteiger partial charge is 0.359 e. The van der Waals surface area contributed by atoms with Crippen molar-refractivity contribution in [1.82, 2.24) is 20.2 Å². The summed E-state index contributed by atoms with van der Waals surface area (Å²) in [5.74, 6) is 0.753. The zero-order chi connectivity index (χ0) is 11.8. The Balaban J connectivity index is 2.14. The van der Waals surface area contributed by atoms with Crippen LogP contribution in [0.15, 0.2) is 16.8 Å². The molecule has 16 heavy (non-hydrogen) atoms. The van der Waals surface area contributed by atoms with Gasteiger partial charge in [0.15, 0.2) is 5.76 Å². The number of hydrogen-bond donors (Lipinski definition) is 1. The summed E-state index contributed by atoms with van der Waals surface area (Å²) in [5.41, 5.74) is 7.05. The van der Waals surface area contributed by atoms with Gasteiger partial charge in [-0.15, -0.1) is 5.10 Å². The van der Waals surface area contributed by atoms with Crippen molar-refractivity contribution in [3.05, 3.63) is 29.4 Å². The van der Waals surface area contributed by atoms with Crippen molar-refractivity contribution in [2.75, 3.05) is 0 Å². The predicted molar refractivity (Wildman–Crippen MR) is 57.6 cm³/mol. The Hall–Kier alpha value is -1.69. The first-order valence-electron chi connectivity index (χ1n) is 5.07. The number of aryl methyl sites for hydroxylation is 1. The molecule has 2 aromatic rings. The fraction of sp³-hybridized carbons (Fsp3) is 0.500. The Morgan fingerprint density at radius 2 is 2.25 bits per heavy atom. The molecule has 2 aromatic heterocycles. The number of hydrogen-bond acceptors (Lipinski definition) is 5. The molecule has 0 aliphatic heterocycles. The molecule has 0 saturated heterocycles. The molecule has 0 atom stereocenters. The molecule has 6 heteroatoms. The van der Waals surface area contributed by atoms with Gasteiger partial charge in [0.1, 0.15) is 12.2 Å². The number of aromatic nitrogens is 4. The molecular weight excluding hydrogens is 206 g/mol. The lowest BCUT2D eigenvalue weighted by Crippen LogP contribution is -2.29. The number of nitrogens with two attached hydrogens (primary N) is 1. The van der Waals surface area contributed by atoms with Crippen LogP contribution in [-0.2, 0) is 12.1 Å². The molecule has 6 nitrogen and oxygen atoms in total. The molecule has 2 heterocycles. The van der Waals surface area contributed by atoms with Crippen molar-refractivity contribution in [1.29, 1.82) is 0 Å². The van der Waals surface area contributed by atoms with Crippen LogP contribution in [0.1, 0.15) is 31.0 Å². The molecule has 2 N–H and O–H groups in total. The van der Waals surface area contributed by atoms with Gasteiger partial charge < -0.3 is 10.3 Å². The van der Waals surface area contributed by atoms with Gasteiger partial charge >= 0.3 is 0 Å². The maximum atomic E-state index is 5.92. The number of nitrogens with zero attached hydrogens (tertiary/aromatic N) is 4. The van der Waals surface area contributed by atoms with Gasteiger partial charge in [-0.3, -0.25) is 0 Å². The zero-order valence-corrected chi connectivity index (χ0v) is 9.64. The summed E-state index contributed by atoms with van der Waals surface area (Å²) in [7, 11) is 0. The van der Waals surface area contributed by atoms with Crippen LogP contribution in [0.4, 0.5) is 0 Å². The molecule has 0 aliphatic rings. The Bertz CT molecular complexity index is 479. The molecule has 0 saturated carbocycles. The topological polar surface area (TPSA) is 82.8 Å². The van der Waals surface area contributed by atoms with Crippen LogP contribution >= 0.6 is 0 Å². The van der Waals surface area contributed by atoms with Crippen molar-refractivity contribution < 1.29 is 4.52 Å². The first-order valence-corrected chi connectivity index (χ1v) is 5.07. The second kappa shape index (κ2) is 3.71. The third-order valence-electron chi connectivity index (χ3n) is 2.19. The maximum Gasteiger partial charge on any atom is 0.158 e. The number of rotatable bonds is 3. The third kappa shape index (κ3) is 2.27. The molecule has 0 bridgehead atoms. The molecule has 2 rings (SSSR count). The van der Waals surface area contributed by atoms with Gasteiger partial charge in [0, 0.05) is 6.07 Å². The van der Waals surface area contributed by atoms with E-state index in [1.807, 2.05) is 33.0 Å². The Morgan fingerprint density at radius 3 is 2.75 bits per heavy atom. The summed E-state index contributed by atoms with van der Waals surface area (Å²) in [6.07, 6.45) is 1.82. The Morgan fingerprint density at radius 1 is 1.50 bits per heavy atom. The summed E-state index contributed by atoms with van der Waals surface area (Å²) in [6, 6.07) is 1.87. The minimum atomic E-state index is -0.477. The van der Waals surface area contributed by atoms with E-state index in [0.717, 1.165) is 17.1 Å². The van der Waals surface area contributed by atoms with Gasteiger partial charge in [-0.1, -0.05) is 10.4 Å². The summed E-state index contributed by atoms with van der Waals surface area (Å²) in [6.45, 7) is 6.17. The summed E-state index contributed by atoms with van der Waals surface area (Å²) >= 11 is 0. The van der Waals surface area contributed by atoms with Gasteiger partial charge in [-0.2, -0.15) is 0 Å². The fourth-order valence-corrected chi connectivity index (χ4v) is 1.32. The molecule has 0 aliphatic carbocycles. The van der Waals surface area contributed by atoms with Gasteiger partial charge in [-0.05, 0) is 20.8 Å². The molecule has 0 spiro atoms. The summed E-state index contributed by atoms with van der Waals surface area (Å²) in [5, 5.41) is 11.8. The monoisotopic (exact) mass is 221 g/mol. The Kier molecular flexibility index (Phi) is 2.51. The van der Waals surface area contributed by atoms with E-state index in [-0.39, 0.29) is 0 Å². The van der Waals surface area contributed by atoms with Crippen LogP contribution < -0.4 is 5.73 Å². The fourth-order valence-electron chi connectivity index (χ4n) is 1.32. The first kappa shape index (κ1) is 10.8. The maximum absolute atomic E-state index is 5.92. The highest BCUT2D eigenvalue weighted by Crippen LogP contribution is 2.13. The molecule has 0 aromatic carbocycles. The van der Waals surface area contributed by atoms with E-state index in [9.17, 15) is 0 Å². The van der Waals surface area contributed by atoms with E-state index < -0.39 is 5.54 Å². The van der Waals surface area contributed by atoms with Crippen molar-refractivity contribution in [3.8, 4) is 0 Å². The van der Waals surface area contributed by atoms with Crippen LogP contribution in [0, 0.1) is 6.92 Å². The van der Waals surface area contributed by atoms with Crippen LogP contribution in [0.25, 0.3) is 0 Å². The van der Waals surface area contributed by atoms with Gasteiger partial charge in [0.25, 0.3) is 0 Å². The van der Waals surface area contributed by atoms with Gasteiger partial charge in [0.2, 0.25) is 0 Å². The van der Waals surface area contributed by atoms with Crippen molar-refractivity contribution in [2.45, 2.75) is 32.9 Å². The predicted octanol–water partition coefficient (Wildman–Crippen LogP) is 0.817. The van der Waals surface area contributed by atoms with Crippen LogP contribution in [-0.4, -0.2) is 20.2 Å². The average molecular weight is 221 g/mol. The average Bonchev–Trinajstić information content (AvgIpc) is 2.74. The molecule has 0 fully saturated rings. The molecule has 0 amide bonds. The minimum Gasteiger partial charge on any atom is -0.359 e. The second-order valence-electron chi connectivity index (χ2n) is 4.46. The second-order valence-corrected chi connectivity index (χ2v) is 4.46. The first-order chi connectivity index (χ1) is 7.45. The van der Waals surface area contributed by atoms with Crippen molar-refractivity contribution >= 4 is 0 Å². The quantitative estimate of drug-likeness (QED) is 0.829. The SMILES string of the molecule is Cc1cc(Cn2cc(C(C)(C)N)nn2)on1. The highest BCUT2D eigenvalue weighted by atomic mass is 16.5. The van der Waals surface area contributed by atoms with Gasteiger partial charge in [0.05, 0.1) is 17.4 Å². The standard InChI is InChI=1S/C10H15N5O/c1-7-4-8(16-13-7)5-15-6-9(12-14-15)10(2,3)11/h4,6H,5,11H2,1-3H3. The zero-order valence-electron chi connectivity index (χ0n) is 9.64. The third-order valence-corrected chi connectivity index (χ3v) is 2.19. The van der Waals surface area contributed by atoms with E-state index in [2.05, 4.69) is 15.5 Å². The molecule has 0 unspecified atom stereocenters. The van der Waals surface area contributed by atoms with Crippen LogP contribution in [0.5, 0.6) is 0 Å². The van der Waals surface area contributed by atoms with Crippen molar-refractivity contribution in [2.24, 2.45) is 5.73 Å². The molecule has 0 radical (unpaired) electrons. The minimum absolute atomic E-state index is 0.477. The van der Waals surface area contributed by atoms with E-state index in [1.165, 1.54) is 0 Å². The summed E-state index contributed by atoms with van der Waals surface area (Å²) < 4.78 is 6.78. The lowest BCUT2D eigenvalue weighted by Gasteiger charge is -2.13. The molecule has 86 valence electrons. The smallest absolute Gasteiger partial charge is 0.158 e. The van der Waals surface area contributed by atoms with Gasteiger partial charge in [-0.25, -0.2) is 4.68 Å². The lowest BCUT2D eigenvalue weighted by molar-refractivity contribution is 0.367. The van der Waals surface area contributed by atoms with E-state index in [1.54, 1.807) is 4.68 Å². The summed E-state index contributed by atoms with van der Waals surface area (Å²) in [4.78, 5) is 0. The normalized spacial score (nSPS) is 12.0. The molecular formula is C10H15N5O. The highest BCUT2D eigenvalue weighted by molar-refractivity contribution is 5.07. The van der Waals surface area contributed by atoms with E-state index >= 15 is 0 Å². The van der Waals surface area contributed by atoms with E-state index in [0.29, 0.717) is 6.54 Å². The van der Waals surface area contributed by atoms with Crippen molar-refractivity contribution in [3.63, 3.8) is 0 Å². The lowest BCUT2D eigenvalue weighted by atomic mass is 10.0.